The molecule has 0 saturated heterocycles. The second-order valence-electron chi connectivity index (χ2n) is 6.07. The standard InChI is InChI=1S/C19H11ClF3N3O5/c20-13-5-3-10(8-15(13)26(29)30)17(27)25-14-6-4-11(9-12(14)19(21,22)23)24-18(28)16-2-1-7-31-16/h1-9H,(H,24,28)(H,25,27). The summed E-state index contributed by atoms with van der Waals surface area (Å²) in [6, 6.07) is 8.58. The molecule has 160 valence electrons. The molecule has 0 spiro atoms. The fourth-order valence-electron chi connectivity index (χ4n) is 2.55. The van der Waals surface area contributed by atoms with Gasteiger partial charge in [0.25, 0.3) is 17.5 Å². The summed E-state index contributed by atoms with van der Waals surface area (Å²) in [6.45, 7) is 0. The molecule has 2 aromatic carbocycles. The number of nitrogens with one attached hydrogen (secondary N) is 2. The monoisotopic (exact) mass is 453 g/mol. The van der Waals surface area contributed by atoms with Gasteiger partial charge in [0, 0.05) is 17.3 Å². The maximum absolute atomic E-state index is 13.5. The van der Waals surface area contributed by atoms with E-state index in [1.807, 2.05) is 0 Å². The van der Waals surface area contributed by atoms with Crippen LogP contribution in [0.15, 0.2) is 59.2 Å². The van der Waals surface area contributed by atoms with Crippen molar-refractivity contribution in [1.82, 2.24) is 0 Å². The average molecular weight is 454 g/mol. The van der Waals surface area contributed by atoms with Crippen molar-refractivity contribution in [2.45, 2.75) is 6.18 Å². The van der Waals surface area contributed by atoms with Crippen molar-refractivity contribution in [2.75, 3.05) is 10.6 Å². The minimum atomic E-state index is -4.87. The first-order chi connectivity index (χ1) is 14.6. The summed E-state index contributed by atoms with van der Waals surface area (Å²) in [7, 11) is 0. The van der Waals surface area contributed by atoms with Crippen molar-refractivity contribution < 1.29 is 32.1 Å². The van der Waals surface area contributed by atoms with E-state index in [1.165, 1.54) is 18.4 Å². The third-order valence-corrected chi connectivity index (χ3v) is 4.30. The van der Waals surface area contributed by atoms with Crippen LogP contribution in [0.4, 0.5) is 30.2 Å². The Morgan fingerprint density at radius 3 is 2.39 bits per heavy atom. The predicted octanol–water partition coefficient (Wildman–Crippen LogP) is 5.36. The third-order valence-electron chi connectivity index (χ3n) is 3.98. The number of nitro benzene ring substituents is 1. The topological polar surface area (TPSA) is 114 Å². The van der Waals surface area contributed by atoms with Crippen molar-refractivity contribution in [3.63, 3.8) is 0 Å². The minimum Gasteiger partial charge on any atom is -0.459 e. The molecule has 0 aliphatic carbocycles. The van der Waals surface area contributed by atoms with Gasteiger partial charge >= 0.3 is 6.18 Å². The van der Waals surface area contributed by atoms with Crippen molar-refractivity contribution in [1.29, 1.82) is 0 Å². The molecule has 0 saturated carbocycles. The summed E-state index contributed by atoms with van der Waals surface area (Å²) in [5.74, 6) is -1.88. The number of furan rings is 1. The number of nitrogens with zero attached hydrogens (tertiary/aromatic N) is 1. The van der Waals surface area contributed by atoms with E-state index in [0.717, 1.165) is 30.3 Å². The van der Waals surface area contributed by atoms with Crippen LogP contribution in [0.5, 0.6) is 0 Å². The van der Waals surface area contributed by atoms with Crippen LogP contribution in [0, 0.1) is 10.1 Å². The molecular weight excluding hydrogens is 443 g/mol. The van der Waals surface area contributed by atoms with Gasteiger partial charge in [0.05, 0.1) is 22.4 Å². The van der Waals surface area contributed by atoms with Crippen LogP contribution in [0.3, 0.4) is 0 Å². The molecule has 0 unspecified atom stereocenters. The van der Waals surface area contributed by atoms with E-state index in [1.54, 1.807) is 0 Å². The van der Waals surface area contributed by atoms with Crippen LogP contribution in [-0.4, -0.2) is 16.7 Å². The molecule has 1 heterocycles. The first-order valence-corrected chi connectivity index (χ1v) is 8.75. The molecule has 3 rings (SSSR count). The third kappa shape index (κ3) is 5.01. The van der Waals surface area contributed by atoms with E-state index < -0.39 is 39.9 Å². The number of halogens is 4. The molecule has 0 aliphatic rings. The zero-order chi connectivity index (χ0) is 22.8. The van der Waals surface area contributed by atoms with E-state index in [-0.39, 0.29) is 22.0 Å². The highest BCUT2D eigenvalue weighted by Crippen LogP contribution is 2.37. The Hall–Kier alpha value is -3.86. The highest BCUT2D eigenvalue weighted by atomic mass is 35.5. The number of carbonyl (C=O) groups is 2. The van der Waals surface area contributed by atoms with Crippen LogP contribution >= 0.6 is 11.6 Å². The summed E-state index contributed by atoms with van der Waals surface area (Å²) < 4.78 is 45.5. The SMILES string of the molecule is O=C(Nc1ccc(NC(=O)c2ccco2)cc1C(F)(F)F)c1ccc(Cl)c([N+](=O)[O-])c1. The first-order valence-electron chi connectivity index (χ1n) is 8.37. The zero-order valence-corrected chi connectivity index (χ0v) is 16.0. The van der Waals surface area contributed by atoms with Crippen molar-refractivity contribution >= 4 is 40.5 Å². The molecule has 0 atom stereocenters. The van der Waals surface area contributed by atoms with E-state index in [9.17, 15) is 32.9 Å². The number of alkyl halides is 3. The number of nitro groups is 1. The number of amides is 2. The molecule has 12 heteroatoms. The molecule has 3 aromatic rings. The molecule has 0 radical (unpaired) electrons. The number of hydrogen-bond donors (Lipinski definition) is 2. The van der Waals surface area contributed by atoms with E-state index in [4.69, 9.17) is 16.0 Å². The number of rotatable bonds is 5. The first kappa shape index (κ1) is 21.8. The molecular formula is C19H11ClF3N3O5. The molecule has 2 amide bonds. The van der Waals surface area contributed by atoms with Gasteiger partial charge in [-0.05, 0) is 42.5 Å². The molecule has 0 bridgehead atoms. The Bertz CT molecular complexity index is 1160. The van der Waals surface area contributed by atoms with Gasteiger partial charge in [-0.3, -0.25) is 19.7 Å². The average Bonchev–Trinajstić information content (AvgIpc) is 3.23. The van der Waals surface area contributed by atoms with Crippen LogP contribution in [0.25, 0.3) is 0 Å². The van der Waals surface area contributed by atoms with Crippen molar-refractivity contribution in [3.05, 3.63) is 86.8 Å². The largest absolute Gasteiger partial charge is 0.459 e. The highest BCUT2D eigenvalue weighted by Gasteiger charge is 2.34. The van der Waals surface area contributed by atoms with Gasteiger partial charge < -0.3 is 15.1 Å². The maximum Gasteiger partial charge on any atom is 0.418 e. The molecule has 31 heavy (non-hydrogen) atoms. The van der Waals surface area contributed by atoms with Gasteiger partial charge in [0.2, 0.25) is 0 Å². The van der Waals surface area contributed by atoms with Crippen LogP contribution in [-0.2, 0) is 6.18 Å². The van der Waals surface area contributed by atoms with Crippen LogP contribution in [0.2, 0.25) is 5.02 Å². The molecule has 0 aliphatic heterocycles. The van der Waals surface area contributed by atoms with Gasteiger partial charge in [-0.15, -0.1) is 0 Å². The van der Waals surface area contributed by atoms with Crippen LogP contribution in [0.1, 0.15) is 26.5 Å². The van der Waals surface area contributed by atoms with Crippen molar-refractivity contribution in [2.24, 2.45) is 0 Å². The van der Waals surface area contributed by atoms with E-state index >= 15 is 0 Å². The lowest BCUT2D eigenvalue weighted by Gasteiger charge is -2.16. The molecule has 8 nitrogen and oxygen atoms in total. The maximum atomic E-state index is 13.5. The lowest BCUT2D eigenvalue weighted by atomic mass is 10.1. The normalized spacial score (nSPS) is 11.1. The predicted molar refractivity (Wildman–Crippen MR) is 104 cm³/mol. The summed E-state index contributed by atoms with van der Waals surface area (Å²) in [6.07, 6.45) is -3.64. The molecule has 0 fully saturated rings. The van der Waals surface area contributed by atoms with Gasteiger partial charge in [-0.2, -0.15) is 13.2 Å². The zero-order valence-electron chi connectivity index (χ0n) is 15.2. The smallest absolute Gasteiger partial charge is 0.418 e. The summed E-state index contributed by atoms with van der Waals surface area (Å²) in [5, 5.41) is 15.1. The van der Waals surface area contributed by atoms with E-state index in [0.29, 0.717) is 6.07 Å². The second kappa shape index (κ2) is 8.48. The number of anilines is 2. The van der Waals surface area contributed by atoms with Gasteiger partial charge in [-0.25, -0.2) is 0 Å². The van der Waals surface area contributed by atoms with Gasteiger partial charge in [-0.1, -0.05) is 11.6 Å². The van der Waals surface area contributed by atoms with Gasteiger partial charge in [0.15, 0.2) is 5.76 Å². The number of carbonyl (C=O) groups excluding carboxylic acids is 2. The summed E-state index contributed by atoms with van der Waals surface area (Å²) >= 11 is 5.67. The second-order valence-corrected chi connectivity index (χ2v) is 6.47. The van der Waals surface area contributed by atoms with Gasteiger partial charge in [0.1, 0.15) is 5.02 Å². The lowest BCUT2D eigenvalue weighted by molar-refractivity contribution is -0.384. The lowest BCUT2D eigenvalue weighted by Crippen LogP contribution is -2.18. The number of benzene rings is 2. The van der Waals surface area contributed by atoms with Crippen molar-refractivity contribution in [3.8, 4) is 0 Å². The Morgan fingerprint density at radius 1 is 1.03 bits per heavy atom. The van der Waals surface area contributed by atoms with Crippen LogP contribution < -0.4 is 10.6 Å². The highest BCUT2D eigenvalue weighted by molar-refractivity contribution is 6.32. The summed E-state index contributed by atoms with van der Waals surface area (Å²) in [5.41, 5.74) is -2.86. The minimum absolute atomic E-state index is 0.102. The number of hydrogen-bond acceptors (Lipinski definition) is 5. The Labute approximate surface area is 176 Å². The molecule has 1 aromatic heterocycles. The molecule has 2 N–H and O–H groups in total. The fourth-order valence-corrected chi connectivity index (χ4v) is 2.74. The summed E-state index contributed by atoms with van der Waals surface area (Å²) in [4.78, 5) is 34.5. The Kier molecular flexibility index (Phi) is 5.97. The van der Waals surface area contributed by atoms with E-state index in [2.05, 4.69) is 10.6 Å². The fraction of sp³-hybridized carbons (Fsp3) is 0.0526. The Morgan fingerprint density at radius 2 is 1.77 bits per heavy atom. The Balaban J connectivity index is 1.88. The quantitative estimate of drug-likeness (QED) is 0.398.